The summed E-state index contributed by atoms with van der Waals surface area (Å²) >= 11 is 5.61. The molecule has 0 radical (unpaired) electrons. The fraction of sp³-hybridized carbons (Fsp3) is 0.765. The summed E-state index contributed by atoms with van der Waals surface area (Å²) in [5.41, 5.74) is 0.424. The molecule has 118 valence electrons. The lowest BCUT2D eigenvalue weighted by molar-refractivity contribution is 0.0246. The zero-order chi connectivity index (χ0) is 14.9. The van der Waals surface area contributed by atoms with Crippen molar-refractivity contribution in [3.8, 4) is 0 Å². The Bertz CT molecular complexity index is 467. The Labute approximate surface area is 141 Å². The van der Waals surface area contributed by atoms with Gasteiger partial charge in [0, 0.05) is 40.6 Å². The van der Waals surface area contributed by atoms with Gasteiger partial charge in [-0.15, -0.1) is 11.3 Å². The van der Waals surface area contributed by atoms with Crippen LogP contribution in [-0.4, -0.2) is 29.6 Å². The van der Waals surface area contributed by atoms with Gasteiger partial charge in [0.1, 0.15) is 0 Å². The molecule has 1 aliphatic heterocycles. The zero-order valence-electron chi connectivity index (χ0n) is 13.2. The van der Waals surface area contributed by atoms with Crippen LogP contribution in [-0.2, 0) is 6.54 Å². The Hall–Kier alpha value is 0.1000. The van der Waals surface area contributed by atoms with E-state index in [1.165, 1.54) is 54.5 Å². The summed E-state index contributed by atoms with van der Waals surface area (Å²) in [5, 5.41) is 6.08. The number of halogens is 1. The third-order valence-corrected chi connectivity index (χ3v) is 7.58. The van der Waals surface area contributed by atoms with E-state index >= 15 is 0 Å². The number of thiophene rings is 1. The summed E-state index contributed by atoms with van der Waals surface area (Å²) < 4.78 is 1.29. The minimum absolute atomic E-state index is 0.424. The van der Waals surface area contributed by atoms with Crippen LogP contribution in [0, 0.1) is 5.92 Å². The van der Waals surface area contributed by atoms with E-state index in [1.54, 1.807) is 0 Å². The van der Waals surface area contributed by atoms with E-state index in [1.807, 2.05) is 11.3 Å². The summed E-state index contributed by atoms with van der Waals surface area (Å²) in [6.07, 6.45) is 6.81. The largest absolute Gasteiger partial charge is 0.311 e. The van der Waals surface area contributed by atoms with E-state index in [0.717, 1.165) is 12.5 Å². The molecule has 1 spiro atoms. The average Bonchev–Trinajstić information content (AvgIpc) is 3.11. The highest BCUT2D eigenvalue weighted by Crippen LogP contribution is 2.39. The molecule has 1 aromatic heterocycles. The van der Waals surface area contributed by atoms with Gasteiger partial charge in [-0.1, -0.05) is 33.1 Å². The molecule has 1 saturated heterocycles. The highest BCUT2D eigenvalue weighted by atomic mass is 79.9. The third-order valence-electron chi connectivity index (χ3n) is 5.67. The Morgan fingerprint density at radius 2 is 2.24 bits per heavy atom. The molecule has 0 aromatic carbocycles. The van der Waals surface area contributed by atoms with E-state index < -0.39 is 0 Å². The van der Waals surface area contributed by atoms with Crippen molar-refractivity contribution in [3.63, 3.8) is 0 Å². The molecule has 2 fully saturated rings. The second kappa shape index (κ2) is 6.69. The molecule has 1 N–H and O–H groups in total. The molecule has 2 aliphatic rings. The van der Waals surface area contributed by atoms with Crippen LogP contribution in [0.3, 0.4) is 0 Å². The van der Waals surface area contributed by atoms with Crippen LogP contribution in [0.2, 0.25) is 0 Å². The Balaban J connectivity index is 1.78. The first-order chi connectivity index (χ1) is 10.1. The van der Waals surface area contributed by atoms with Crippen molar-refractivity contribution in [1.82, 2.24) is 10.2 Å². The molecule has 1 saturated carbocycles. The van der Waals surface area contributed by atoms with Gasteiger partial charge in [0.2, 0.25) is 0 Å². The monoisotopic (exact) mass is 370 g/mol. The van der Waals surface area contributed by atoms with Crippen LogP contribution in [0.25, 0.3) is 0 Å². The zero-order valence-corrected chi connectivity index (χ0v) is 15.6. The second-order valence-corrected chi connectivity index (χ2v) is 8.73. The van der Waals surface area contributed by atoms with E-state index in [2.05, 4.69) is 51.4 Å². The number of rotatable bonds is 4. The van der Waals surface area contributed by atoms with Gasteiger partial charge in [0.05, 0.1) is 0 Å². The van der Waals surface area contributed by atoms with Crippen LogP contribution in [0.5, 0.6) is 0 Å². The Morgan fingerprint density at radius 3 is 2.86 bits per heavy atom. The number of hydrogen-bond acceptors (Lipinski definition) is 3. The van der Waals surface area contributed by atoms with Crippen molar-refractivity contribution in [2.75, 3.05) is 13.1 Å². The third kappa shape index (κ3) is 3.24. The van der Waals surface area contributed by atoms with E-state index in [0.29, 0.717) is 11.6 Å². The summed E-state index contributed by atoms with van der Waals surface area (Å²) in [6.45, 7) is 8.22. The summed E-state index contributed by atoms with van der Waals surface area (Å²) in [7, 11) is 0. The second-order valence-electron chi connectivity index (χ2n) is 6.88. The van der Waals surface area contributed by atoms with Gasteiger partial charge in [0.25, 0.3) is 0 Å². The van der Waals surface area contributed by atoms with E-state index in [9.17, 15) is 0 Å². The van der Waals surface area contributed by atoms with Crippen molar-refractivity contribution >= 4 is 27.3 Å². The van der Waals surface area contributed by atoms with E-state index in [-0.39, 0.29) is 0 Å². The predicted octanol–water partition coefficient (Wildman–Crippen LogP) is 4.64. The van der Waals surface area contributed by atoms with Crippen LogP contribution < -0.4 is 5.32 Å². The highest BCUT2D eigenvalue weighted by molar-refractivity contribution is 9.10. The van der Waals surface area contributed by atoms with Gasteiger partial charge in [-0.3, -0.25) is 4.90 Å². The summed E-state index contributed by atoms with van der Waals surface area (Å²) in [5.74, 6) is 0.762. The predicted molar refractivity (Wildman–Crippen MR) is 94.9 cm³/mol. The molecule has 1 aliphatic carbocycles. The van der Waals surface area contributed by atoms with Crippen molar-refractivity contribution in [1.29, 1.82) is 0 Å². The Morgan fingerprint density at radius 1 is 1.48 bits per heavy atom. The minimum atomic E-state index is 0.424. The average molecular weight is 371 g/mol. The Kier molecular flexibility index (Phi) is 5.09. The van der Waals surface area contributed by atoms with Crippen LogP contribution in [0.1, 0.15) is 50.8 Å². The highest BCUT2D eigenvalue weighted by Gasteiger charge is 2.44. The van der Waals surface area contributed by atoms with Crippen molar-refractivity contribution in [2.45, 2.75) is 64.1 Å². The van der Waals surface area contributed by atoms with Gasteiger partial charge in [-0.2, -0.15) is 0 Å². The summed E-state index contributed by atoms with van der Waals surface area (Å²) in [4.78, 5) is 4.30. The van der Waals surface area contributed by atoms with Crippen molar-refractivity contribution in [3.05, 3.63) is 20.8 Å². The van der Waals surface area contributed by atoms with Crippen LogP contribution in [0.15, 0.2) is 15.9 Å². The maximum atomic E-state index is 3.88. The van der Waals surface area contributed by atoms with Crippen molar-refractivity contribution in [2.24, 2.45) is 5.92 Å². The molecule has 3 rings (SSSR count). The first-order valence-corrected chi connectivity index (χ1v) is 10.0. The smallest absolute Gasteiger partial charge is 0.0346 e. The molecule has 21 heavy (non-hydrogen) atoms. The van der Waals surface area contributed by atoms with Gasteiger partial charge in [0.15, 0.2) is 0 Å². The molecule has 0 amide bonds. The van der Waals surface area contributed by atoms with Gasteiger partial charge < -0.3 is 5.32 Å². The lowest BCUT2D eigenvalue weighted by Gasteiger charge is -2.49. The molecular formula is C17H27BrN2S. The first-order valence-electron chi connectivity index (χ1n) is 8.35. The van der Waals surface area contributed by atoms with Crippen LogP contribution in [0.4, 0.5) is 0 Å². The molecule has 1 aromatic rings. The van der Waals surface area contributed by atoms with E-state index in [4.69, 9.17) is 0 Å². The number of nitrogens with one attached hydrogen (secondary N) is 1. The first kappa shape index (κ1) is 16.0. The van der Waals surface area contributed by atoms with Gasteiger partial charge in [-0.05, 0) is 46.1 Å². The van der Waals surface area contributed by atoms with Gasteiger partial charge >= 0.3 is 0 Å². The lowest BCUT2D eigenvalue weighted by atomic mass is 9.87. The molecule has 2 nitrogen and oxygen atoms in total. The normalized spacial score (nSPS) is 27.3. The topological polar surface area (TPSA) is 15.3 Å². The molecule has 2 unspecified atom stereocenters. The fourth-order valence-corrected chi connectivity index (χ4v) is 5.46. The number of hydrogen-bond donors (Lipinski definition) is 1. The minimum Gasteiger partial charge on any atom is -0.311 e. The molecular weight excluding hydrogens is 344 g/mol. The lowest BCUT2D eigenvalue weighted by Crippen LogP contribution is -2.64. The maximum Gasteiger partial charge on any atom is 0.0346 e. The molecule has 4 heteroatoms. The maximum absolute atomic E-state index is 3.88. The van der Waals surface area contributed by atoms with Crippen LogP contribution >= 0.6 is 27.3 Å². The SMILES string of the molecule is CCC(C)C1CN(Cc2sccc2Br)C2(CCCC2)CN1. The molecule has 2 heterocycles. The van der Waals surface area contributed by atoms with Gasteiger partial charge in [-0.25, -0.2) is 0 Å². The van der Waals surface area contributed by atoms with Crippen molar-refractivity contribution < 1.29 is 0 Å². The number of piperazine rings is 1. The quantitative estimate of drug-likeness (QED) is 0.829. The standard InChI is InChI=1S/C17H27BrN2S/c1-3-13(2)15-10-20(11-16-14(18)6-9-21-16)17(12-19-15)7-4-5-8-17/h6,9,13,15,19H,3-5,7-8,10-12H2,1-2H3. The molecule has 2 atom stereocenters. The molecule has 0 bridgehead atoms. The number of nitrogens with zero attached hydrogens (tertiary/aromatic N) is 1. The summed E-state index contributed by atoms with van der Waals surface area (Å²) in [6, 6.07) is 2.84. The fourth-order valence-electron chi connectivity index (χ4n) is 3.96.